The Bertz CT molecular complexity index is 379. The predicted octanol–water partition coefficient (Wildman–Crippen LogP) is 3.18. The fourth-order valence-electron chi connectivity index (χ4n) is 3.48. The molecule has 5 atom stereocenters. The molecule has 0 aromatic carbocycles. The third kappa shape index (κ3) is 1.90. The number of fused-ring (bicyclic) bond motifs is 1. The summed E-state index contributed by atoms with van der Waals surface area (Å²) >= 11 is 0. The van der Waals surface area contributed by atoms with Crippen molar-refractivity contribution in [1.82, 2.24) is 0 Å². The van der Waals surface area contributed by atoms with E-state index in [9.17, 15) is 5.11 Å². The van der Waals surface area contributed by atoms with Crippen molar-refractivity contribution in [1.29, 1.82) is 0 Å². The molecule has 1 unspecified atom stereocenters. The molecule has 0 amide bonds. The summed E-state index contributed by atoms with van der Waals surface area (Å²) in [6, 6.07) is 0. The van der Waals surface area contributed by atoms with E-state index in [-0.39, 0.29) is 12.4 Å². The molecular weight excluding hydrogens is 228 g/mol. The Hall–Kier alpha value is -0.800. The number of allylic oxidation sites excluding steroid dienone is 2. The normalized spacial score (nSPS) is 43.6. The Labute approximate surface area is 108 Å². The number of hydrogen-bond donors (Lipinski definition) is 1. The van der Waals surface area contributed by atoms with Crippen LogP contribution in [0.15, 0.2) is 23.5 Å². The van der Waals surface area contributed by atoms with Crippen molar-refractivity contribution in [2.24, 2.45) is 17.8 Å². The molecule has 3 aliphatic rings. The van der Waals surface area contributed by atoms with Crippen LogP contribution < -0.4 is 0 Å². The van der Waals surface area contributed by atoms with Gasteiger partial charge in [0.05, 0.1) is 6.10 Å². The third-order valence-corrected chi connectivity index (χ3v) is 4.72. The minimum Gasteiger partial charge on any atom is -0.508 e. The second-order valence-electron chi connectivity index (χ2n) is 5.79. The smallest absolute Gasteiger partial charge is 0.157 e. The van der Waals surface area contributed by atoms with Crippen molar-refractivity contribution >= 4 is 0 Å². The highest BCUT2D eigenvalue weighted by Gasteiger charge is 2.50. The average molecular weight is 250 g/mol. The summed E-state index contributed by atoms with van der Waals surface area (Å²) in [4.78, 5) is 0. The molecule has 1 N–H and O–H groups in total. The number of rotatable bonds is 2. The summed E-state index contributed by atoms with van der Waals surface area (Å²) in [5, 5.41) is 9.82. The van der Waals surface area contributed by atoms with Crippen molar-refractivity contribution in [3.8, 4) is 0 Å². The van der Waals surface area contributed by atoms with Gasteiger partial charge < -0.3 is 14.6 Å². The van der Waals surface area contributed by atoms with Crippen LogP contribution in [0.25, 0.3) is 0 Å². The lowest BCUT2D eigenvalue weighted by atomic mass is 9.58. The minimum absolute atomic E-state index is 0.0343. The Morgan fingerprint density at radius 2 is 2.22 bits per heavy atom. The summed E-state index contributed by atoms with van der Waals surface area (Å²) in [6.45, 7) is 5.06. The van der Waals surface area contributed by atoms with Gasteiger partial charge in [-0.2, -0.15) is 0 Å². The molecule has 2 fully saturated rings. The molecule has 1 saturated heterocycles. The Kier molecular flexibility index (Phi) is 3.20. The van der Waals surface area contributed by atoms with Crippen LogP contribution in [0.4, 0.5) is 0 Å². The van der Waals surface area contributed by atoms with Crippen molar-refractivity contribution in [2.75, 3.05) is 6.61 Å². The summed E-state index contributed by atoms with van der Waals surface area (Å²) in [5.74, 6) is 1.80. The molecule has 0 aromatic rings. The van der Waals surface area contributed by atoms with Gasteiger partial charge in [0.25, 0.3) is 0 Å². The van der Waals surface area contributed by atoms with Crippen LogP contribution in [-0.2, 0) is 9.47 Å². The zero-order valence-corrected chi connectivity index (χ0v) is 11.1. The SMILES string of the molecule is CC1=C(O)C=C[C@@H]2[C@H](C)[C@@H](OC3CCCCO3)[C@H]12. The van der Waals surface area contributed by atoms with Gasteiger partial charge in [0, 0.05) is 12.5 Å². The van der Waals surface area contributed by atoms with Crippen molar-refractivity contribution in [3.05, 3.63) is 23.5 Å². The molecule has 0 spiro atoms. The van der Waals surface area contributed by atoms with E-state index < -0.39 is 0 Å². The second kappa shape index (κ2) is 4.71. The van der Waals surface area contributed by atoms with Gasteiger partial charge in [0.2, 0.25) is 0 Å². The minimum atomic E-state index is -0.0343. The van der Waals surface area contributed by atoms with Gasteiger partial charge in [-0.25, -0.2) is 0 Å². The van der Waals surface area contributed by atoms with Crippen LogP contribution in [-0.4, -0.2) is 24.1 Å². The first-order valence-corrected chi connectivity index (χ1v) is 7.03. The first-order chi connectivity index (χ1) is 8.68. The van der Waals surface area contributed by atoms with Gasteiger partial charge in [-0.15, -0.1) is 0 Å². The highest BCUT2D eigenvalue weighted by atomic mass is 16.7. The maximum atomic E-state index is 9.82. The van der Waals surface area contributed by atoms with Gasteiger partial charge >= 0.3 is 0 Å². The van der Waals surface area contributed by atoms with Gasteiger partial charge in [0.1, 0.15) is 5.76 Å². The molecule has 1 heterocycles. The van der Waals surface area contributed by atoms with Crippen LogP contribution in [0.1, 0.15) is 33.1 Å². The first kappa shape index (κ1) is 12.2. The van der Waals surface area contributed by atoms with Crippen LogP contribution in [0.5, 0.6) is 0 Å². The van der Waals surface area contributed by atoms with E-state index in [0.29, 0.717) is 23.5 Å². The molecule has 0 bridgehead atoms. The monoisotopic (exact) mass is 250 g/mol. The van der Waals surface area contributed by atoms with E-state index in [0.717, 1.165) is 25.0 Å². The maximum Gasteiger partial charge on any atom is 0.157 e. The largest absolute Gasteiger partial charge is 0.508 e. The molecule has 3 rings (SSSR count). The molecule has 0 aromatic heterocycles. The molecule has 0 radical (unpaired) electrons. The Morgan fingerprint density at radius 3 is 2.94 bits per heavy atom. The van der Waals surface area contributed by atoms with Crippen molar-refractivity contribution < 1.29 is 14.6 Å². The molecule has 3 nitrogen and oxygen atoms in total. The standard InChI is InChI=1S/C15H22O3/c1-9-11-6-7-12(16)10(2)14(11)15(9)18-13-5-3-4-8-17-13/h6-7,9,11,13-16H,3-5,8H2,1-2H3/t9-,11+,13?,14+,15+/m0/s1. The molecule has 2 aliphatic carbocycles. The maximum absolute atomic E-state index is 9.82. The molecule has 1 saturated carbocycles. The van der Waals surface area contributed by atoms with Crippen LogP contribution in [0, 0.1) is 17.8 Å². The fourth-order valence-corrected chi connectivity index (χ4v) is 3.48. The van der Waals surface area contributed by atoms with E-state index in [4.69, 9.17) is 9.47 Å². The lowest BCUT2D eigenvalue weighted by Crippen LogP contribution is -2.53. The quantitative estimate of drug-likeness (QED) is 0.818. The van der Waals surface area contributed by atoms with Crippen molar-refractivity contribution in [3.63, 3.8) is 0 Å². The Balaban J connectivity index is 1.68. The number of aliphatic hydroxyl groups excluding tert-OH is 1. The fraction of sp³-hybridized carbons (Fsp3) is 0.733. The van der Waals surface area contributed by atoms with E-state index in [2.05, 4.69) is 13.0 Å². The van der Waals surface area contributed by atoms with Gasteiger partial charge in [0.15, 0.2) is 6.29 Å². The zero-order chi connectivity index (χ0) is 12.7. The topological polar surface area (TPSA) is 38.7 Å². The van der Waals surface area contributed by atoms with Gasteiger partial charge in [-0.05, 0) is 49.7 Å². The van der Waals surface area contributed by atoms with Crippen LogP contribution >= 0.6 is 0 Å². The van der Waals surface area contributed by atoms with Crippen molar-refractivity contribution in [2.45, 2.75) is 45.5 Å². The first-order valence-electron chi connectivity index (χ1n) is 7.03. The lowest BCUT2D eigenvalue weighted by Gasteiger charge is -2.52. The second-order valence-corrected chi connectivity index (χ2v) is 5.79. The molecule has 18 heavy (non-hydrogen) atoms. The van der Waals surface area contributed by atoms with Gasteiger partial charge in [-0.3, -0.25) is 0 Å². The van der Waals surface area contributed by atoms with Gasteiger partial charge in [-0.1, -0.05) is 13.0 Å². The highest BCUT2D eigenvalue weighted by molar-refractivity contribution is 5.32. The number of hydrogen-bond acceptors (Lipinski definition) is 3. The lowest BCUT2D eigenvalue weighted by molar-refractivity contribution is -0.237. The number of aliphatic hydroxyl groups is 1. The predicted molar refractivity (Wildman–Crippen MR) is 69.1 cm³/mol. The van der Waals surface area contributed by atoms with E-state index in [1.54, 1.807) is 0 Å². The highest BCUT2D eigenvalue weighted by Crippen LogP contribution is 2.50. The number of ether oxygens (including phenoxy) is 2. The Morgan fingerprint density at radius 1 is 1.39 bits per heavy atom. The molecule has 3 heteroatoms. The average Bonchev–Trinajstić information content (AvgIpc) is 2.40. The van der Waals surface area contributed by atoms with E-state index in [1.165, 1.54) is 6.42 Å². The molecule has 1 aliphatic heterocycles. The summed E-state index contributed by atoms with van der Waals surface area (Å²) in [5.41, 5.74) is 1.07. The summed E-state index contributed by atoms with van der Waals surface area (Å²) in [6.07, 6.45) is 7.47. The molecular formula is C15H22O3. The van der Waals surface area contributed by atoms with E-state index in [1.807, 2.05) is 13.0 Å². The molecule has 100 valence electrons. The summed E-state index contributed by atoms with van der Waals surface area (Å²) in [7, 11) is 0. The third-order valence-electron chi connectivity index (χ3n) is 4.72. The summed E-state index contributed by atoms with van der Waals surface area (Å²) < 4.78 is 11.8. The van der Waals surface area contributed by atoms with Crippen LogP contribution in [0.2, 0.25) is 0 Å². The van der Waals surface area contributed by atoms with E-state index >= 15 is 0 Å². The van der Waals surface area contributed by atoms with Crippen LogP contribution in [0.3, 0.4) is 0 Å². The zero-order valence-electron chi connectivity index (χ0n) is 11.1.